The van der Waals surface area contributed by atoms with Crippen LogP contribution in [0, 0.1) is 0 Å². The molecular formula is C11H15N3O3. The van der Waals surface area contributed by atoms with Crippen LogP contribution in [-0.4, -0.2) is 53.9 Å². The quantitative estimate of drug-likeness (QED) is 0.744. The van der Waals surface area contributed by atoms with E-state index in [2.05, 4.69) is 10.2 Å². The Morgan fingerprint density at radius 3 is 2.88 bits per heavy atom. The molecule has 3 rings (SSSR count). The van der Waals surface area contributed by atoms with Crippen molar-refractivity contribution >= 4 is 5.91 Å². The third-order valence-corrected chi connectivity index (χ3v) is 3.20. The molecule has 1 aromatic heterocycles. The lowest BCUT2D eigenvalue weighted by atomic mass is 10.1. The summed E-state index contributed by atoms with van der Waals surface area (Å²) in [5.41, 5.74) is 2.47. The van der Waals surface area contributed by atoms with Crippen LogP contribution in [0.4, 0.5) is 0 Å². The highest BCUT2D eigenvalue weighted by Gasteiger charge is 2.26. The number of aromatic amines is 1. The van der Waals surface area contributed by atoms with E-state index >= 15 is 0 Å². The molecule has 1 saturated heterocycles. The molecule has 1 aromatic rings. The van der Waals surface area contributed by atoms with Crippen LogP contribution in [0.2, 0.25) is 0 Å². The van der Waals surface area contributed by atoms with Crippen molar-refractivity contribution < 1.29 is 14.3 Å². The smallest absolute Gasteiger partial charge is 0.274 e. The first-order valence-electron chi connectivity index (χ1n) is 5.87. The number of aromatic nitrogens is 2. The summed E-state index contributed by atoms with van der Waals surface area (Å²) in [6.45, 7) is 3.67. The molecule has 92 valence electrons. The Morgan fingerprint density at radius 2 is 2.06 bits per heavy atom. The highest BCUT2D eigenvalue weighted by atomic mass is 16.5. The van der Waals surface area contributed by atoms with Gasteiger partial charge in [-0.25, -0.2) is 0 Å². The fourth-order valence-electron chi connectivity index (χ4n) is 2.21. The van der Waals surface area contributed by atoms with E-state index in [-0.39, 0.29) is 5.91 Å². The normalized spacial score (nSPS) is 20.1. The van der Waals surface area contributed by atoms with Gasteiger partial charge in [-0.15, -0.1) is 0 Å². The van der Waals surface area contributed by atoms with Crippen molar-refractivity contribution in [3.8, 4) is 0 Å². The molecule has 1 fully saturated rings. The van der Waals surface area contributed by atoms with Crippen LogP contribution >= 0.6 is 0 Å². The van der Waals surface area contributed by atoms with Crippen LogP contribution in [-0.2, 0) is 22.5 Å². The van der Waals surface area contributed by atoms with Gasteiger partial charge in [0.25, 0.3) is 5.91 Å². The molecule has 0 spiro atoms. The summed E-state index contributed by atoms with van der Waals surface area (Å²) in [6, 6.07) is 0. The first-order chi connectivity index (χ1) is 8.36. The summed E-state index contributed by atoms with van der Waals surface area (Å²) in [7, 11) is 0. The Hall–Kier alpha value is -1.40. The molecule has 0 aromatic carbocycles. The average molecular weight is 237 g/mol. The van der Waals surface area contributed by atoms with Gasteiger partial charge in [0.2, 0.25) is 0 Å². The number of amides is 1. The number of nitrogens with one attached hydrogen (secondary N) is 1. The number of hydrogen-bond donors (Lipinski definition) is 1. The SMILES string of the molecule is O=C(c1n[nH]c2c1COCC2)N1CCOCC1. The fraction of sp³-hybridized carbons (Fsp3) is 0.636. The predicted octanol–water partition coefficient (Wildman–Crippen LogP) is -0.0452. The molecule has 0 atom stereocenters. The summed E-state index contributed by atoms with van der Waals surface area (Å²) in [5.74, 6) is -0.0173. The van der Waals surface area contributed by atoms with E-state index in [1.807, 2.05) is 0 Å². The van der Waals surface area contributed by atoms with E-state index in [9.17, 15) is 4.79 Å². The number of carbonyl (C=O) groups excluding carboxylic acids is 1. The average Bonchev–Trinajstić information content (AvgIpc) is 2.83. The fourth-order valence-corrected chi connectivity index (χ4v) is 2.21. The molecule has 6 nitrogen and oxygen atoms in total. The van der Waals surface area contributed by atoms with Crippen LogP contribution in [0.15, 0.2) is 0 Å². The highest BCUT2D eigenvalue weighted by molar-refractivity contribution is 5.94. The van der Waals surface area contributed by atoms with Gasteiger partial charge in [-0.1, -0.05) is 0 Å². The highest BCUT2D eigenvalue weighted by Crippen LogP contribution is 2.19. The zero-order valence-corrected chi connectivity index (χ0v) is 9.57. The lowest BCUT2D eigenvalue weighted by Gasteiger charge is -2.26. The van der Waals surface area contributed by atoms with Gasteiger partial charge in [-0.3, -0.25) is 9.89 Å². The maximum atomic E-state index is 12.3. The minimum atomic E-state index is -0.0173. The number of hydrogen-bond acceptors (Lipinski definition) is 4. The van der Waals surface area contributed by atoms with Gasteiger partial charge in [0.05, 0.1) is 26.4 Å². The molecule has 6 heteroatoms. The first-order valence-corrected chi connectivity index (χ1v) is 5.87. The predicted molar refractivity (Wildman–Crippen MR) is 58.7 cm³/mol. The third-order valence-electron chi connectivity index (χ3n) is 3.20. The third kappa shape index (κ3) is 1.94. The number of fused-ring (bicyclic) bond motifs is 1. The van der Waals surface area contributed by atoms with Crippen molar-refractivity contribution in [3.05, 3.63) is 17.0 Å². The molecule has 2 aliphatic rings. The number of ether oxygens (including phenoxy) is 2. The minimum absolute atomic E-state index is 0.0173. The lowest BCUT2D eigenvalue weighted by Crippen LogP contribution is -2.41. The van der Waals surface area contributed by atoms with Gasteiger partial charge >= 0.3 is 0 Å². The Kier molecular flexibility index (Phi) is 2.82. The number of nitrogens with zero attached hydrogens (tertiary/aromatic N) is 2. The van der Waals surface area contributed by atoms with Gasteiger partial charge < -0.3 is 14.4 Å². The van der Waals surface area contributed by atoms with E-state index in [0.717, 1.165) is 17.7 Å². The molecule has 1 N–H and O–H groups in total. The van der Waals surface area contributed by atoms with Gasteiger partial charge in [0.1, 0.15) is 0 Å². The molecule has 17 heavy (non-hydrogen) atoms. The number of H-pyrrole nitrogens is 1. The Balaban J connectivity index is 1.83. The summed E-state index contributed by atoms with van der Waals surface area (Å²) < 4.78 is 10.6. The first kappa shape index (κ1) is 10.7. The maximum Gasteiger partial charge on any atom is 0.274 e. The number of carbonyl (C=O) groups is 1. The molecule has 0 unspecified atom stereocenters. The van der Waals surface area contributed by atoms with Crippen LogP contribution in [0.3, 0.4) is 0 Å². The molecule has 0 radical (unpaired) electrons. The second kappa shape index (κ2) is 4.46. The van der Waals surface area contributed by atoms with Gasteiger partial charge in [-0.05, 0) is 0 Å². The van der Waals surface area contributed by atoms with Gasteiger partial charge in [-0.2, -0.15) is 5.10 Å². The van der Waals surface area contributed by atoms with Crippen molar-refractivity contribution in [3.63, 3.8) is 0 Å². The molecule has 1 amide bonds. The summed E-state index contributed by atoms with van der Waals surface area (Å²) >= 11 is 0. The number of morpholine rings is 1. The van der Waals surface area contributed by atoms with E-state index in [4.69, 9.17) is 9.47 Å². The Bertz CT molecular complexity index is 424. The van der Waals surface area contributed by atoms with E-state index in [1.165, 1.54) is 0 Å². The second-order valence-corrected chi connectivity index (χ2v) is 4.24. The van der Waals surface area contributed by atoms with E-state index in [1.54, 1.807) is 4.90 Å². The molecule has 3 heterocycles. The van der Waals surface area contributed by atoms with Crippen LogP contribution < -0.4 is 0 Å². The molecule has 0 bridgehead atoms. The zero-order chi connectivity index (χ0) is 11.7. The summed E-state index contributed by atoms with van der Waals surface area (Å²) in [5, 5.41) is 7.07. The van der Waals surface area contributed by atoms with E-state index in [0.29, 0.717) is 45.2 Å². The van der Waals surface area contributed by atoms with Crippen LogP contribution in [0.1, 0.15) is 21.7 Å². The standard InChI is InChI=1S/C11H15N3O3/c15-11(14-2-5-16-6-3-14)10-8-7-17-4-1-9(8)12-13-10/h1-7H2,(H,12,13). The van der Waals surface area contributed by atoms with Crippen molar-refractivity contribution in [2.75, 3.05) is 32.9 Å². The molecule has 2 aliphatic heterocycles. The van der Waals surface area contributed by atoms with Crippen molar-refractivity contribution in [2.45, 2.75) is 13.0 Å². The zero-order valence-electron chi connectivity index (χ0n) is 9.57. The molecular weight excluding hydrogens is 222 g/mol. The van der Waals surface area contributed by atoms with Crippen molar-refractivity contribution in [1.29, 1.82) is 0 Å². The maximum absolute atomic E-state index is 12.3. The monoisotopic (exact) mass is 237 g/mol. The topological polar surface area (TPSA) is 67.5 Å². The largest absolute Gasteiger partial charge is 0.378 e. The summed E-state index contributed by atoms with van der Waals surface area (Å²) in [4.78, 5) is 14.1. The minimum Gasteiger partial charge on any atom is -0.378 e. The van der Waals surface area contributed by atoms with Gasteiger partial charge in [0.15, 0.2) is 5.69 Å². The number of rotatable bonds is 1. The van der Waals surface area contributed by atoms with Crippen molar-refractivity contribution in [2.24, 2.45) is 0 Å². The van der Waals surface area contributed by atoms with Gasteiger partial charge in [0, 0.05) is 30.8 Å². The molecule has 0 aliphatic carbocycles. The van der Waals surface area contributed by atoms with Crippen LogP contribution in [0.5, 0.6) is 0 Å². The molecule has 0 saturated carbocycles. The Labute approximate surface area is 98.9 Å². The second-order valence-electron chi connectivity index (χ2n) is 4.24. The lowest BCUT2D eigenvalue weighted by molar-refractivity contribution is 0.0295. The van der Waals surface area contributed by atoms with E-state index < -0.39 is 0 Å². The summed E-state index contributed by atoms with van der Waals surface area (Å²) in [6.07, 6.45) is 0.804. The van der Waals surface area contributed by atoms with Crippen molar-refractivity contribution in [1.82, 2.24) is 15.1 Å². The Morgan fingerprint density at radius 1 is 1.24 bits per heavy atom. The van der Waals surface area contributed by atoms with Crippen LogP contribution in [0.25, 0.3) is 0 Å².